The summed E-state index contributed by atoms with van der Waals surface area (Å²) in [4.78, 5) is 18.1. The molecule has 0 spiro atoms. The van der Waals surface area contributed by atoms with Crippen molar-refractivity contribution in [3.63, 3.8) is 0 Å². The van der Waals surface area contributed by atoms with Gasteiger partial charge >= 0.3 is 0 Å². The first-order chi connectivity index (χ1) is 8.74. The Morgan fingerprint density at radius 2 is 2.15 bits per heavy atom. The molecule has 1 aliphatic rings. The molecule has 2 heterocycles. The third-order valence-electron chi connectivity index (χ3n) is 2.79. The van der Waals surface area contributed by atoms with Crippen LogP contribution in [0.1, 0.15) is 6.42 Å². The molecule has 0 atom stereocenters. The molecule has 0 unspecified atom stereocenters. The quantitative estimate of drug-likeness (QED) is 0.834. The van der Waals surface area contributed by atoms with Gasteiger partial charge in [-0.2, -0.15) is 0 Å². The van der Waals surface area contributed by atoms with E-state index in [4.69, 9.17) is 0 Å². The van der Waals surface area contributed by atoms with E-state index < -0.39 is 0 Å². The number of pyridine rings is 1. The third-order valence-corrected chi connectivity index (χ3v) is 3.26. The van der Waals surface area contributed by atoms with Crippen LogP contribution in [-0.4, -0.2) is 48.5 Å². The number of hydrogen-bond acceptors (Lipinski definition) is 4. The van der Waals surface area contributed by atoms with Crippen LogP contribution in [0, 0.1) is 0 Å². The molecule has 0 radical (unpaired) electrons. The Morgan fingerprint density at radius 1 is 1.35 bits per heavy atom. The summed E-state index contributed by atoms with van der Waals surface area (Å²) in [5.74, 6) is 0.586. The minimum absolute atomic E-state index is 0. The number of aromatic nitrogens is 1. The number of nitrogens with zero attached hydrogens (tertiary/aromatic N) is 2. The van der Waals surface area contributed by atoms with E-state index in [0.717, 1.165) is 37.1 Å². The molecule has 1 aliphatic heterocycles. The van der Waals surface area contributed by atoms with Gasteiger partial charge in [-0.05, 0) is 47.6 Å². The fraction of sp³-hybridized carbons (Fsp3) is 0.500. The van der Waals surface area contributed by atoms with E-state index in [-0.39, 0.29) is 30.7 Å². The van der Waals surface area contributed by atoms with Gasteiger partial charge in [-0.1, -0.05) is 0 Å². The number of anilines is 1. The molecule has 0 aliphatic carbocycles. The zero-order chi connectivity index (χ0) is 12.8. The van der Waals surface area contributed by atoms with Crippen LogP contribution in [0.5, 0.6) is 0 Å². The van der Waals surface area contributed by atoms with Crippen LogP contribution in [0.25, 0.3) is 0 Å². The van der Waals surface area contributed by atoms with Crippen molar-refractivity contribution in [3.8, 4) is 0 Å². The highest BCUT2D eigenvalue weighted by Crippen LogP contribution is 2.10. The third kappa shape index (κ3) is 6.85. The lowest BCUT2D eigenvalue weighted by Gasteiger charge is -2.18. The summed E-state index contributed by atoms with van der Waals surface area (Å²) >= 11 is 3.31. The van der Waals surface area contributed by atoms with Crippen molar-refractivity contribution in [2.24, 2.45) is 0 Å². The standard InChI is InChI=1S/C12H17BrN4O.2ClH/c13-10-2-3-11(15-8-10)16-12(18)9-17-6-1-4-14-5-7-17;;/h2-3,8,14H,1,4-7,9H2,(H,15,16,18);2*1H. The lowest BCUT2D eigenvalue weighted by molar-refractivity contribution is -0.117. The average Bonchev–Trinajstić information content (AvgIpc) is 2.61. The molecule has 1 aromatic heterocycles. The first-order valence-corrected chi connectivity index (χ1v) is 6.88. The number of rotatable bonds is 3. The monoisotopic (exact) mass is 384 g/mol. The lowest BCUT2D eigenvalue weighted by Crippen LogP contribution is -2.35. The first kappa shape index (κ1) is 19.6. The van der Waals surface area contributed by atoms with Crippen molar-refractivity contribution < 1.29 is 4.79 Å². The summed E-state index contributed by atoms with van der Waals surface area (Å²) in [6.45, 7) is 4.30. The van der Waals surface area contributed by atoms with Crippen molar-refractivity contribution in [3.05, 3.63) is 22.8 Å². The minimum Gasteiger partial charge on any atom is -0.315 e. The maximum Gasteiger partial charge on any atom is 0.239 e. The summed E-state index contributed by atoms with van der Waals surface area (Å²) in [5, 5.41) is 6.12. The first-order valence-electron chi connectivity index (χ1n) is 6.08. The highest BCUT2D eigenvalue weighted by atomic mass is 79.9. The van der Waals surface area contributed by atoms with E-state index in [1.165, 1.54) is 0 Å². The van der Waals surface area contributed by atoms with Crippen LogP contribution in [0.4, 0.5) is 5.82 Å². The van der Waals surface area contributed by atoms with Gasteiger partial charge in [0.15, 0.2) is 0 Å². The maximum atomic E-state index is 11.9. The Balaban J connectivity index is 0.00000180. The topological polar surface area (TPSA) is 57.3 Å². The molecule has 0 saturated carbocycles. The number of carbonyl (C=O) groups excluding carboxylic acids is 1. The Hall–Kier alpha value is -0.400. The highest BCUT2D eigenvalue weighted by molar-refractivity contribution is 9.10. The fourth-order valence-corrected chi connectivity index (χ4v) is 2.13. The predicted octanol–water partition coefficient (Wildman–Crippen LogP) is 1.92. The van der Waals surface area contributed by atoms with E-state index in [1.54, 1.807) is 12.3 Å². The summed E-state index contributed by atoms with van der Waals surface area (Å²) in [6.07, 6.45) is 2.76. The van der Waals surface area contributed by atoms with E-state index >= 15 is 0 Å². The average molecular weight is 386 g/mol. The Labute approximate surface area is 139 Å². The fourth-order valence-electron chi connectivity index (χ4n) is 1.89. The molecule has 1 amide bonds. The van der Waals surface area contributed by atoms with Gasteiger partial charge in [-0.3, -0.25) is 9.69 Å². The predicted molar refractivity (Wildman–Crippen MR) is 89.0 cm³/mol. The van der Waals surface area contributed by atoms with E-state index in [9.17, 15) is 4.79 Å². The van der Waals surface area contributed by atoms with Crippen LogP contribution in [0.3, 0.4) is 0 Å². The molecule has 1 saturated heterocycles. The molecular weight excluding hydrogens is 367 g/mol. The lowest BCUT2D eigenvalue weighted by atomic mass is 10.4. The molecule has 1 aromatic rings. The van der Waals surface area contributed by atoms with Gasteiger partial charge in [0.2, 0.25) is 5.91 Å². The number of halogens is 3. The molecular formula is C12H19BrCl2N4O. The highest BCUT2D eigenvalue weighted by Gasteiger charge is 2.12. The van der Waals surface area contributed by atoms with Gasteiger partial charge in [-0.25, -0.2) is 4.98 Å². The van der Waals surface area contributed by atoms with E-state index in [0.29, 0.717) is 12.4 Å². The second-order valence-corrected chi connectivity index (χ2v) is 5.21. The van der Waals surface area contributed by atoms with Crippen LogP contribution in [0.2, 0.25) is 0 Å². The molecule has 1 fully saturated rings. The summed E-state index contributed by atoms with van der Waals surface area (Å²) in [6, 6.07) is 3.64. The zero-order valence-electron chi connectivity index (χ0n) is 11.0. The van der Waals surface area contributed by atoms with Crippen molar-refractivity contribution in [2.45, 2.75) is 6.42 Å². The van der Waals surface area contributed by atoms with Crippen molar-refractivity contribution >= 4 is 52.5 Å². The molecule has 8 heteroatoms. The number of carbonyl (C=O) groups is 1. The van der Waals surface area contributed by atoms with Crippen LogP contribution < -0.4 is 10.6 Å². The normalized spacial score (nSPS) is 15.4. The number of amides is 1. The minimum atomic E-state index is -0.00766. The van der Waals surface area contributed by atoms with Crippen LogP contribution in [-0.2, 0) is 4.79 Å². The van der Waals surface area contributed by atoms with Gasteiger partial charge in [-0.15, -0.1) is 24.8 Å². The summed E-state index contributed by atoms with van der Waals surface area (Å²) in [7, 11) is 0. The largest absolute Gasteiger partial charge is 0.315 e. The zero-order valence-corrected chi connectivity index (χ0v) is 14.2. The van der Waals surface area contributed by atoms with Crippen molar-refractivity contribution in [1.82, 2.24) is 15.2 Å². The Kier molecular flexibility index (Phi) is 10.1. The second-order valence-electron chi connectivity index (χ2n) is 4.29. The SMILES string of the molecule is Cl.Cl.O=C(CN1CCCNCC1)Nc1ccc(Br)cn1. The van der Waals surface area contributed by atoms with Crippen molar-refractivity contribution in [2.75, 3.05) is 38.0 Å². The van der Waals surface area contributed by atoms with Crippen molar-refractivity contribution in [1.29, 1.82) is 0 Å². The van der Waals surface area contributed by atoms with Gasteiger partial charge in [0.1, 0.15) is 5.82 Å². The number of nitrogens with one attached hydrogen (secondary N) is 2. The van der Waals surface area contributed by atoms with Crippen LogP contribution in [0.15, 0.2) is 22.8 Å². The van der Waals surface area contributed by atoms with Gasteiger partial charge < -0.3 is 10.6 Å². The maximum absolute atomic E-state index is 11.9. The summed E-state index contributed by atoms with van der Waals surface area (Å²) < 4.78 is 0.902. The number of hydrogen-bond donors (Lipinski definition) is 2. The van der Waals surface area contributed by atoms with Gasteiger partial charge in [0, 0.05) is 23.8 Å². The smallest absolute Gasteiger partial charge is 0.239 e. The molecule has 2 rings (SSSR count). The van der Waals surface area contributed by atoms with Gasteiger partial charge in [0.05, 0.1) is 6.54 Å². The molecule has 0 bridgehead atoms. The molecule has 5 nitrogen and oxygen atoms in total. The second kappa shape index (κ2) is 10.3. The Bertz CT molecular complexity index is 397. The Morgan fingerprint density at radius 3 is 2.85 bits per heavy atom. The molecule has 114 valence electrons. The van der Waals surface area contributed by atoms with E-state index in [1.807, 2.05) is 6.07 Å². The van der Waals surface area contributed by atoms with Gasteiger partial charge in [0.25, 0.3) is 0 Å². The summed E-state index contributed by atoms with van der Waals surface area (Å²) in [5.41, 5.74) is 0. The molecule has 2 N–H and O–H groups in total. The van der Waals surface area contributed by atoms with E-state index in [2.05, 4.69) is 36.4 Å². The molecule has 0 aromatic carbocycles. The van der Waals surface area contributed by atoms with Crippen LogP contribution >= 0.6 is 40.7 Å². The molecule has 20 heavy (non-hydrogen) atoms.